The monoisotopic (exact) mass is 232 g/mol. The summed E-state index contributed by atoms with van der Waals surface area (Å²) >= 11 is 0. The van der Waals surface area contributed by atoms with E-state index in [9.17, 15) is 0 Å². The van der Waals surface area contributed by atoms with Gasteiger partial charge in [-0.3, -0.25) is 0 Å². The summed E-state index contributed by atoms with van der Waals surface area (Å²) in [6, 6.07) is 9.18. The van der Waals surface area contributed by atoms with Gasteiger partial charge in [-0.25, -0.2) is 0 Å². The zero-order valence-corrected chi connectivity index (χ0v) is 11.8. The van der Waals surface area contributed by atoms with Crippen LogP contribution in [0.4, 0.5) is 0 Å². The molecule has 0 bridgehead atoms. The molecule has 0 heteroatoms. The first kappa shape index (κ1) is 14.3. The molecule has 0 saturated heterocycles. The number of unbranched alkanes of at least 4 members (excludes halogenated alkanes) is 1. The van der Waals surface area contributed by atoms with Crippen LogP contribution in [0.3, 0.4) is 0 Å². The zero-order valence-electron chi connectivity index (χ0n) is 11.8. The summed E-state index contributed by atoms with van der Waals surface area (Å²) < 4.78 is 0. The molecule has 0 radical (unpaired) electrons. The molecular weight excluding hydrogens is 204 g/mol. The Hall–Kier alpha value is -0.780. The number of hydrogen-bond acceptors (Lipinski definition) is 0. The summed E-state index contributed by atoms with van der Waals surface area (Å²) in [6.07, 6.45) is 9.25. The summed E-state index contributed by atoms with van der Waals surface area (Å²) in [5.41, 5.74) is 2.96. The lowest BCUT2D eigenvalue weighted by Gasteiger charge is -2.14. The molecule has 0 fully saturated rings. The molecule has 96 valence electrons. The van der Waals surface area contributed by atoms with Gasteiger partial charge in [-0.15, -0.1) is 0 Å². The molecule has 0 N–H and O–H groups in total. The Morgan fingerprint density at radius 1 is 0.882 bits per heavy atom. The molecular formula is C17H28. The third kappa shape index (κ3) is 5.39. The second-order valence-corrected chi connectivity index (χ2v) is 5.13. The fraction of sp³-hybridized carbons (Fsp3) is 0.647. The maximum atomic E-state index is 2.33. The van der Waals surface area contributed by atoms with Crippen LogP contribution in [-0.4, -0.2) is 0 Å². The van der Waals surface area contributed by atoms with Crippen LogP contribution in [0, 0.1) is 5.92 Å². The van der Waals surface area contributed by atoms with Crippen molar-refractivity contribution < 1.29 is 0 Å². The molecule has 0 amide bonds. The molecule has 1 rings (SSSR count). The Labute approximate surface area is 107 Å². The first-order valence-corrected chi connectivity index (χ1v) is 7.37. The number of hydrogen-bond donors (Lipinski definition) is 0. The van der Waals surface area contributed by atoms with E-state index < -0.39 is 0 Å². The maximum Gasteiger partial charge on any atom is -0.0276 e. The zero-order chi connectivity index (χ0) is 12.5. The lowest BCUT2D eigenvalue weighted by Crippen LogP contribution is -2.01. The van der Waals surface area contributed by atoms with E-state index in [4.69, 9.17) is 0 Å². The average Bonchev–Trinajstić information content (AvgIpc) is 2.39. The second kappa shape index (κ2) is 8.33. The normalized spacial score (nSPS) is 12.6. The van der Waals surface area contributed by atoms with Gasteiger partial charge in [0.15, 0.2) is 0 Å². The molecule has 0 heterocycles. The van der Waals surface area contributed by atoms with Crippen molar-refractivity contribution in [3.05, 3.63) is 35.4 Å². The molecule has 1 atom stereocenters. The molecule has 0 aliphatic heterocycles. The van der Waals surface area contributed by atoms with Gasteiger partial charge in [0.05, 0.1) is 0 Å². The lowest BCUT2D eigenvalue weighted by atomic mass is 9.92. The van der Waals surface area contributed by atoms with Crippen molar-refractivity contribution in [2.45, 2.75) is 65.7 Å². The summed E-state index contributed by atoms with van der Waals surface area (Å²) in [7, 11) is 0. The van der Waals surface area contributed by atoms with Gasteiger partial charge in [0.1, 0.15) is 0 Å². The maximum absolute atomic E-state index is 2.33. The SMILES string of the molecule is CCCCC(CC)CCc1ccc(CC)cc1. The molecule has 1 aromatic carbocycles. The van der Waals surface area contributed by atoms with Crippen molar-refractivity contribution in [1.29, 1.82) is 0 Å². The summed E-state index contributed by atoms with van der Waals surface area (Å²) in [4.78, 5) is 0. The van der Waals surface area contributed by atoms with E-state index in [0.717, 1.165) is 12.3 Å². The third-order valence-electron chi connectivity index (χ3n) is 3.82. The van der Waals surface area contributed by atoms with Crippen LogP contribution < -0.4 is 0 Å². The topological polar surface area (TPSA) is 0 Å². The first-order valence-electron chi connectivity index (χ1n) is 7.37. The Balaban J connectivity index is 2.36. The second-order valence-electron chi connectivity index (χ2n) is 5.13. The van der Waals surface area contributed by atoms with Crippen molar-refractivity contribution in [3.8, 4) is 0 Å². The van der Waals surface area contributed by atoms with Crippen molar-refractivity contribution >= 4 is 0 Å². The van der Waals surface area contributed by atoms with Gasteiger partial charge in [-0.05, 0) is 36.3 Å². The van der Waals surface area contributed by atoms with E-state index in [0.29, 0.717) is 0 Å². The smallest absolute Gasteiger partial charge is 0.0276 e. The Bertz CT molecular complexity index is 283. The molecule has 0 spiro atoms. The van der Waals surface area contributed by atoms with Crippen LogP contribution in [0.25, 0.3) is 0 Å². The minimum atomic E-state index is 0.931. The van der Waals surface area contributed by atoms with E-state index in [1.54, 1.807) is 0 Å². The van der Waals surface area contributed by atoms with Crippen LogP contribution >= 0.6 is 0 Å². The summed E-state index contributed by atoms with van der Waals surface area (Å²) in [5.74, 6) is 0.931. The fourth-order valence-corrected chi connectivity index (χ4v) is 2.36. The molecule has 0 aliphatic carbocycles. The highest BCUT2D eigenvalue weighted by Crippen LogP contribution is 2.19. The molecule has 1 aromatic rings. The largest absolute Gasteiger partial charge is 0.0654 e. The third-order valence-corrected chi connectivity index (χ3v) is 3.82. The van der Waals surface area contributed by atoms with Crippen LogP contribution in [-0.2, 0) is 12.8 Å². The Kier molecular flexibility index (Phi) is 7.00. The molecule has 0 nitrogen and oxygen atoms in total. The van der Waals surface area contributed by atoms with Crippen molar-refractivity contribution in [2.75, 3.05) is 0 Å². The van der Waals surface area contributed by atoms with Crippen LogP contribution in [0.5, 0.6) is 0 Å². The summed E-state index contributed by atoms with van der Waals surface area (Å²) in [5, 5.41) is 0. The van der Waals surface area contributed by atoms with Crippen molar-refractivity contribution in [1.82, 2.24) is 0 Å². The number of benzene rings is 1. The van der Waals surface area contributed by atoms with Crippen molar-refractivity contribution in [2.24, 2.45) is 5.92 Å². The van der Waals surface area contributed by atoms with Gasteiger partial charge < -0.3 is 0 Å². The van der Waals surface area contributed by atoms with E-state index in [1.165, 1.54) is 49.7 Å². The van der Waals surface area contributed by atoms with Crippen LogP contribution in [0.1, 0.15) is 64.0 Å². The summed E-state index contributed by atoms with van der Waals surface area (Å²) in [6.45, 7) is 6.84. The van der Waals surface area contributed by atoms with Gasteiger partial charge in [0, 0.05) is 0 Å². The van der Waals surface area contributed by atoms with Crippen LogP contribution in [0.15, 0.2) is 24.3 Å². The standard InChI is InChI=1S/C17H28/c1-4-7-8-15(5-2)9-12-17-13-10-16(6-3)11-14-17/h10-11,13-15H,4-9,12H2,1-3H3. The van der Waals surface area contributed by atoms with Gasteiger partial charge in [-0.1, -0.05) is 70.7 Å². The minimum Gasteiger partial charge on any atom is -0.0654 e. The highest BCUT2D eigenvalue weighted by atomic mass is 14.1. The predicted octanol–water partition coefficient (Wildman–Crippen LogP) is 5.40. The number of aryl methyl sites for hydroxylation is 2. The Morgan fingerprint density at radius 2 is 1.53 bits per heavy atom. The average molecular weight is 232 g/mol. The van der Waals surface area contributed by atoms with Gasteiger partial charge in [-0.2, -0.15) is 0 Å². The lowest BCUT2D eigenvalue weighted by molar-refractivity contribution is 0.422. The fourth-order valence-electron chi connectivity index (χ4n) is 2.36. The minimum absolute atomic E-state index is 0.931. The molecule has 0 aliphatic rings. The van der Waals surface area contributed by atoms with E-state index in [-0.39, 0.29) is 0 Å². The molecule has 17 heavy (non-hydrogen) atoms. The van der Waals surface area contributed by atoms with E-state index in [2.05, 4.69) is 45.0 Å². The predicted molar refractivity (Wildman–Crippen MR) is 77.4 cm³/mol. The van der Waals surface area contributed by atoms with Gasteiger partial charge in [0.25, 0.3) is 0 Å². The highest BCUT2D eigenvalue weighted by molar-refractivity contribution is 5.22. The van der Waals surface area contributed by atoms with Crippen molar-refractivity contribution in [3.63, 3.8) is 0 Å². The Morgan fingerprint density at radius 3 is 2.06 bits per heavy atom. The van der Waals surface area contributed by atoms with E-state index >= 15 is 0 Å². The molecule has 1 unspecified atom stereocenters. The van der Waals surface area contributed by atoms with Crippen LogP contribution in [0.2, 0.25) is 0 Å². The molecule has 0 saturated carbocycles. The highest BCUT2D eigenvalue weighted by Gasteiger charge is 2.05. The van der Waals surface area contributed by atoms with Gasteiger partial charge >= 0.3 is 0 Å². The van der Waals surface area contributed by atoms with E-state index in [1.807, 2.05) is 0 Å². The quantitative estimate of drug-likeness (QED) is 0.563. The number of rotatable bonds is 8. The first-order chi connectivity index (χ1) is 8.30. The van der Waals surface area contributed by atoms with Gasteiger partial charge in [0.2, 0.25) is 0 Å². The molecule has 0 aromatic heterocycles.